The molecule has 0 unspecified atom stereocenters. The summed E-state index contributed by atoms with van der Waals surface area (Å²) in [7, 11) is 1.62. The van der Waals surface area contributed by atoms with Gasteiger partial charge >= 0.3 is 0 Å². The molecule has 0 N–H and O–H groups in total. The topological polar surface area (TPSA) is 42.0 Å². The summed E-state index contributed by atoms with van der Waals surface area (Å²) < 4.78 is 11.8. The molecule has 1 heterocycles. The third-order valence-corrected chi connectivity index (χ3v) is 4.94. The van der Waals surface area contributed by atoms with Crippen molar-refractivity contribution in [1.29, 1.82) is 0 Å². The lowest BCUT2D eigenvalue weighted by molar-refractivity contribution is -0.135. The number of ether oxygens (including phenoxy) is 2. The molecule has 3 rings (SSSR count). The van der Waals surface area contributed by atoms with Crippen LogP contribution in [0.5, 0.6) is 11.5 Å². The summed E-state index contributed by atoms with van der Waals surface area (Å²) in [4.78, 5) is 16.6. The van der Waals surface area contributed by atoms with Crippen molar-refractivity contribution < 1.29 is 14.3 Å². The Balaban J connectivity index is 1.42. The number of amides is 1. The molecule has 0 radical (unpaired) electrons. The molecular formula is C20H23BrN2O3. The Morgan fingerprint density at radius 1 is 1.04 bits per heavy atom. The Kier molecular flexibility index (Phi) is 6.52. The van der Waals surface area contributed by atoms with Crippen molar-refractivity contribution in [3.05, 3.63) is 58.6 Å². The molecule has 5 nitrogen and oxygen atoms in total. The molecule has 0 aliphatic carbocycles. The molecule has 0 spiro atoms. The Morgan fingerprint density at radius 2 is 1.73 bits per heavy atom. The van der Waals surface area contributed by atoms with E-state index in [9.17, 15) is 4.79 Å². The number of halogens is 1. The summed E-state index contributed by atoms with van der Waals surface area (Å²) in [5.41, 5.74) is 1.28. The first-order valence-corrected chi connectivity index (χ1v) is 9.45. The lowest BCUT2D eigenvalue weighted by atomic mass is 10.2. The van der Waals surface area contributed by atoms with Crippen LogP contribution in [0.4, 0.5) is 0 Å². The molecule has 0 atom stereocenters. The zero-order chi connectivity index (χ0) is 18.4. The van der Waals surface area contributed by atoms with Crippen LogP contribution in [0.1, 0.15) is 5.56 Å². The number of carbonyl (C=O) groups excluding carboxylic acids is 1. The van der Waals surface area contributed by atoms with E-state index in [4.69, 9.17) is 9.47 Å². The van der Waals surface area contributed by atoms with Gasteiger partial charge in [0.15, 0.2) is 6.61 Å². The van der Waals surface area contributed by atoms with Crippen molar-refractivity contribution in [2.45, 2.75) is 6.54 Å². The minimum atomic E-state index is 0.0305. The minimum absolute atomic E-state index is 0.0305. The van der Waals surface area contributed by atoms with Crippen LogP contribution in [-0.2, 0) is 11.3 Å². The average molecular weight is 419 g/mol. The quantitative estimate of drug-likeness (QED) is 0.722. The molecule has 2 aromatic carbocycles. The van der Waals surface area contributed by atoms with Gasteiger partial charge in [-0.15, -0.1) is 0 Å². The molecule has 0 saturated carbocycles. The van der Waals surface area contributed by atoms with Crippen LogP contribution in [0, 0.1) is 0 Å². The summed E-state index contributed by atoms with van der Waals surface area (Å²) in [6.45, 7) is 4.20. The molecular weight excluding hydrogens is 396 g/mol. The number of hydrogen-bond donors (Lipinski definition) is 0. The van der Waals surface area contributed by atoms with E-state index < -0.39 is 0 Å². The fourth-order valence-electron chi connectivity index (χ4n) is 2.96. The SMILES string of the molecule is COc1ccc(OCC(=O)N2CCN(Cc3cccc(Br)c3)CC2)cc1. The van der Waals surface area contributed by atoms with Gasteiger partial charge in [0.1, 0.15) is 11.5 Å². The van der Waals surface area contributed by atoms with Crippen LogP contribution in [0.3, 0.4) is 0 Å². The Bertz CT molecular complexity index is 728. The lowest BCUT2D eigenvalue weighted by Gasteiger charge is -2.34. The molecule has 1 saturated heterocycles. The zero-order valence-electron chi connectivity index (χ0n) is 14.9. The highest BCUT2D eigenvalue weighted by atomic mass is 79.9. The summed E-state index contributed by atoms with van der Waals surface area (Å²) >= 11 is 3.51. The van der Waals surface area contributed by atoms with Crippen LogP contribution in [0.2, 0.25) is 0 Å². The molecule has 1 aliphatic rings. The molecule has 2 aromatic rings. The van der Waals surface area contributed by atoms with Crippen molar-refractivity contribution in [2.75, 3.05) is 39.9 Å². The Morgan fingerprint density at radius 3 is 2.38 bits per heavy atom. The molecule has 1 amide bonds. The van der Waals surface area contributed by atoms with Crippen molar-refractivity contribution in [3.63, 3.8) is 0 Å². The molecule has 6 heteroatoms. The molecule has 0 aromatic heterocycles. The monoisotopic (exact) mass is 418 g/mol. The van der Waals surface area contributed by atoms with Crippen molar-refractivity contribution >= 4 is 21.8 Å². The molecule has 0 bridgehead atoms. The molecule has 138 valence electrons. The van der Waals surface area contributed by atoms with Crippen LogP contribution in [-0.4, -0.2) is 55.6 Å². The normalized spacial score (nSPS) is 14.9. The van der Waals surface area contributed by atoms with Gasteiger partial charge < -0.3 is 14.4 Å². The highest BCUT2D eigenvalue weighted by Gasteiger charge is 2.21. The first-order valence-electron chi connectivity index (χ1n) is 8.65. The Labute approximate surface area is 162 Å². The van der Waals surface area contributed by atoms with Gasteiger partial charge in [-0.3, -0.25) is 9.69 Å². The second-order valence-corrected chi connectivity index (χ2v) is 7.17. The second-order valence-electron chi connectivity index (χ2n) is 6.25. The summed E-state index contributed by atoms with van der Waals surface area (Å²) in [5.74, 6) is 1.47. The number of hydrogen-bond acceptors (Lipinski definition) is 4. The highest BCUT2D eigenvalue weighted by molar-refractivity contribution is 9.10. The van der Waals surface area contributed by atoms with Crippen LogP contribution in [0.15, 0.2) is 53.0 Å². The van der Waals surface area contributed by atoms with Crippen LogP contribution >= 0.6 is 15.9 Å². The number of piperazine rings is 1. The Hall–Kier alpha value is -2.05. The van der Waals surface area contributed by atoms with E-state index in [-0.39, 0.29) is 12.5 Å². The van der Waals surface area contributed by atoms with Crippen molar-refractivity contribution in [1.82, 2.24) is 9.80 Å². The van der Waals surface area contributed by atoms with Gasteiger partial charge in [-0.05, 0) is 42.0 Å². The number of carbonyl (C=O) groups is 1. The predicted octanol–water partition coefficient (Wildman–Crippen LogP) is 3.18. The van der Waals surface area contributed by atoms with E-state index in [1.165, 1.54) is 5.56 Å². The lowest BCUT2D eigenvalue weighted by Crippen LogP contribution is -2.49. The highest BCUT2D eigenvalue weighted by Crippen LogP contribution is 2.17. The third kappa shape index (κ3) is 5.22. The first-order chi connectivity index (χ1) is 12.6. The van der Waals surface area contributed by atoms with Gasteiger partial charge in [-0.2, -0.15) is 0 Å². The zero-order valence-corrected chi connectivity index (χ0v) is 16.4. The number of methoxy groups -OCH3 is 1. The third-order valence-electron chi connectivity index (χ3n) is 4.44. The number of rotatable bonds is 6. The predicted molar refractivity (Wildman–Crippen MR) is 104 cm³/mol. The maximum absolute atomic E-state index is 12.4. The fourth-order valence-corrected chi connectivity index (χ4v) is 3.40. The summed E-state index contributed by atoms with van der Waals surface area (Å²) in [6.07, 6.45) is 0. The molecule has 1 aliphatic heterocycles. The molecule has 26 heavy (non-hydrogen) atoms. The first kappa shape index (κ1) is 18.7. The van der Waals surface area contributed by atoms with E-state index in [1.807, 2.05) is 35.2 Å². The second kappa shape index (κ2) is 9.05. The van der Waals surface area contributed by atoms with Gasteiger partial charge in [0.2, 0.25) is 0 Å². The summed E-state index contributed by atoms with van der Waals surface area (Å²) in [6, 6.07) is 15.6. The smallest absolute Gasteiger partial charge is 0.260 e. The van der Waals surface area contributed by atoms with Crippen molar-refractivity contribution in [2.24, 2.45) is 0 Å². The molecule has 1 fully saturated rings. The average Bonchev–Trinajstić information content (AvgIpc) is 2.67. The van der Waals surface area contributed by atoms with E-state index in [0.29, 0.717) is 5.75 Å². The standard InChI is InChI=1S/C20H23BrN2O3/c1-25-18-5-7-19(8-6-18)26-15-20(24)23-11-9-22(10-12-23)14-16-3-2-4-17(21)13-16/h2-8,13H,9-12,14-15H2,1H3. The van der Waals surface area contributed by atoms with Gasteiger partial charge in [0.05, 0.1) is 7.11 Å². The van der Waals surface area contributed by atoms with Gasteiger partial charge in [0.25, 0.3) is 5.91 Å². The maximum atomic E-state index is 12.4. The van der Waals surface area contributed by atoms with Gasteiger partial charge in [-0.1, -0.05) is 28.1 Å². The van der Waals surface area contributed by atoms with E-state index >= 15 is 0 Å². The van der Waals surface area contributed by atoms with E-state index in [2.05, 4.69) is 39.0 Å². The largest absolute Gasteiger partial charge is 0.497 e. The van der Waals surface area contributed by atoms with E-state index in [1.54, 1.807) is 7.11 Å². The number of nitrogens with zero attached hydrogens (tertiary/aromatic N) is 2. The maximum Gasteiger partial charge on any atom is 0.260 e. The van der Waals surface area contributed by atoms with Gasteiger partial charge in [-0.25, -0.2) is 0 Å². The van der Waals surface area contributed by atoms with Crippen LogP contribution < -0.4 is 9.47 Å². The van der Waals surface area contributed by atoms with Crippen molar-refractivity contribution in [3.8, 4) is 11.5 Å². The van der Waals surface area contributed by atoms with E-state index in [0.717, 1.165) is 42.9 Å². The summed E-state index contributed by atoms with van der Waals surface area (Å²) in [5, 5.41) is 0. The number of benzene rings is 2. The minimum Gasteiger partial charge on any atom is -0.497 e. The van der Waals surface area contributed by atoms with Gasteiger partial charge in [0, 0.05) is 37.2 Å². The fraction of sp³-hybridized carbons (Fsp3) is 0.350. The van der Waals surface area contributed by atoms with Crippen LogP contribution in [0.25, 0.3) is 0 Å².